The molecule has 2 aromatic heterocycles. The van der Waals surface area contributed by atoms with Crippen molar-refractivity contribution in [3.8, 4) is 23.0 Å². The van der Waals surface area contributed by atoms with Crippen molar-refractivity contribution < 1.29 is 31.4 Å². The monoisotopic (exact) mass is 693 g/mol. The lowest BCUT2D eigenvalue weighted by molar-refractivity contribution is -0.137. The SMILES string of the molecule is CCC[C@@H]1CN2c3nc(OC[C@@]45CCCN4C/C(=C\F)C5)nc4c(F)c(-c5nc(N)cc(C)c5C(F)(F)F)c(Cl)c(c34)OC[C@@H]2CCN1. The Bertz CT molecular complexity index is 1790. The van der Waals surface area contributed by atoms with Crippen molar-refractivity contribution in [1.82, 2.24) is 25.2 Å². The summed E-state index contributed by atoms with van der Waals surface area (Å²) in [6.45, 7) is 6.07. The number of fused-ring (bicyclic) bond motifs is 3. The zero-order valence-corrected chi connectivity index (χ0v) is 27.4. The third-order valence-electron chi connectivity index (χ3n) is 10.1. The Hall–Kier alpha value is -3.49. The molecule has 258 valence electrons. The second-order valence-electron chi connectivity index (χ2n) is 13.3. The number of nitrogens with one attached hydrogen (secondary N) is 1. The molecule has 0 aliphatic carbocycles. The van der Waals surface area contributed by atoms with E-state index < -0.39 is 34.4 Å². The van der Waals surface area contributed by atoms with Crippen LogP contribution in [0.4, 0.5) is 33.6 Å². The van der Waals surface area contributed by atoms with Gasteiger partial charge in [-0.2, -0.15) is 23.1 Å². The second-order valence-corrected chi connectivity index (χ2v) is 13.7. The van der Waals surface area contributed by atoms with Gasteiger partial charge in [-0.05, 0) is 69.3 Å². The lowest BCUT2D eigenvalue weighted by Crippen LogP contribution is -2.44. The van der Waals surface area contributed by atoms with Gasteiger partial charge in [0, 0.05) is 19.1 Å². The van der Waals surface area contributed by atoms with E-state index in [9.17, 15) is 17.6 Å². The molecule has 7 rings (SSSR count). The van der Waals surface area contributed by atoms with Gasteiger partial charge in [0.05, 0.1) is 45.1 Å². The number of pyridine rings is 1. The molecular weight excluding hydrogens is 657 g/mol. The van der Waals surface area contributed by atoms with E-state index in [1.807, 2.05) is 4.90 Å². The Balaban J connectivity index is 1.44. The highest BCUT2D eigenvalue weighted by molar-refractivity contribution is 6.36. The van der Waals surface area contributed by atoms with Gasteiger partial charge in [0.25, 0.3) is 0 Å². The van der Waals surface area contributed by atoms with E-state index in [-0.39, 0.29) is 64.4 Å². The summed E-state index contributed by atoms with van der Waals surface area (Å²) in [6.07, 6.45) is 0.391. The number of alkyl halides is 3. The number of nitrogens with zero attached hydrogens (tertiary/aromatic N) is 5. The molecule has 6 heterocycles. The fourth-order valence-electron chi connectivity index (χ4n) is 7.95. The van der Waals surface area contributed by atoms with Crippen molar-refractivity contribution in [1.29, 1.82) is 0 Å². The van der Waals surface area contributed by atoms with Crippen LogP contribution in [0.25, 0.3) is 22.2 Å². The van der Waals surface area contributed by atoms with Crippen LogP contribution in [0.2, 0.25) is 5.02 Å². The topological polar surface area (TPSA) is 102 Å². The number of halogens is 6. The fourth-order valence-corrected chi connectivity index (χ4v) is 8.28. The zero-order valence-electron chi connectivity index (χ0n) is 26.7. The number of aryl methyl sites for hydroxylation is 1. The van der Waals surface area contributed by atoms with Gasteiger partial charge in [-0.25, -0.2) is 13.8 Å². The van der Waals surface area contributed by atoms with Crippen LogP contribution in [0.15, 0.2) is 18.0 Å². The van der Waals surface area contributed by atoms with Crippen LogP contribution in [0.1, 0.15) is 56.6 Å². The van der Waals surface area contributed by atoms with Crippen LogP contribution < -0.4 is 25.4 Å². The Morgan fingerprint density at radius 1 is 1.27 bits per heavy atom. The molecule has 48 heavy (non-hydrogen) atoms. The highest BCUT2D eigenvalue weighted by Gasteiger charge is 2.47. The molecule has 3 fully saturated rings. The second kappa shape index (κ2) is 12.4. The lowest BCUT2D eigenvalue weighted by atomic mass is 9.94. The van der Waals surface area contributed by atoms with Gasteiger partial charge >= 0.3 is 12.2 Å². The van der Waals surface area contributed by atoms with Gasteiger partial charge < -0.3 is 25.4 Å². The lowest BCUT2D eigenvalue weighted by Gasteiger charge is -2.32. The van der Waals surface area contributed by atoms with Gasteiger partial charge in [0.1, 0.15) is 30.4 Å². The predicted molar refractivity (Wildman–Crippen MR) is 173 cm³/mol. The van der Waals surface area contributed by atoms with Crippen molar-refractivity contribution in [2.75, 3.05) is 50.0 Å². The maximum Gasteiger partial charge on any atom is 0.418 e. The molecule has 3 aromatic rings. The third-order valence-corrected chi connectivity index (χ3v) is 10.5. The summed E-state index contributed by atoms with van der Waals surface area (Å²) in [4.78, 5) is 17.5. The van der Waals surface area contributed by atoms with Crippen molar-refractivity contribution in [3.05, 3.63) is 39.9 Å². The highest BCUT2D eigenvalue weighted by Crippen LogP contribution is 2.51. The Morgan fingerprint density at radius 2 is 2.08 bits per heavy atom. The number of hydrogen-bond donors (Lipinski definition) is 2. The van der Waals surface area contributed by atoms with Crippen LogP contribution in [0, 0.1) is 12.7 Å². The van der Waals surface area contributed by atoms with Gasteiger partial charge in [-0.15, -0.1) is 0 Å². The molecule has 0 spiro atoms. The van der Waals surface area contributed by atoms with E-state index >= 15 is 4.39 Å². The molecule has 0 bridgehead atoms. The fraction of sp³-hybridized carbons (Fsp3) is 0.545. The molecule has 9 nitrogen and oxygen atoms in total. The summed E-state index contributed by atoms with van der Waals surface area (Å²) in [5, 5.41) is 3.34. The first-order valence-electron chi connectivity index (χ1n) is 16.3. The van der Waals surface area contributed by atoms with E-state index in [2.05, 4.69) is 27.1 Å². The molecular formula is C33H37ClF5N7O2. The van der Waals surface area contributed by atoms with Gasteiger partial charge in [0.15, 0.2) is 11.6 Å². The molecule has 0 saturated carbocycles. The maximum absolute atomic E-state index is 17.0. The molecule has 15 heteroatoms. The molecule has 4 aliphatic heterocycles. The summed E-state index contributed by atoms with van der Waals surface area (Å²) in [5.74, 6) is -1.05. The van der Waals surface area contributed by atoms with E-state index in [1.54, 1.807) is 0 Å². The average molecular weight is 694 g/mol. The quantitative estimate of drug-likeness (QED) is 0.277. The largest absolute Gasteiger partial charge is 0.489 e. The Morgan fingerprint density at radius 3 is 2.83 bits per heavy atom. The van der Waals surface area contributed by atoms with E-state index in [0.29, 0.717) is 50.2 Å². The Labute approximate surface area is 279 Å². The number of rotatable bonds is 6. The Kier molecular flexibility index (Phi) is 8.56. The minimum atomic E-state index is -4.90. The number of aromatic nitrogens is 3. The van der Waals surface area contributed by atoms with Crippen molar-refractivity contribution in [3.63, 3.8) is 0 Å². The average Bonchev–Trinajstić information content (AvgIpc) is 3.44. The molecule has 3 N–H and O–H groups in total. The summed E-state index contributed by atoms with van der Waals surface area (Å²) in [7, 11) is 0. The number of hydrogen-bond acceptors (Lipinski definition) is 9. The van der Waals surface area contributed by atoms with Gasteiger partial charge in [-0.3, -0.25) is 4.90 Å². The number of ether oxygens (including phenoxy) is 2. The van der Waals surface area contributed by atoms with Crippen LogP contribution in [-0.2, 0) is 6.18 Å². The standard InChI is InChI=1S/C33H37ClF5N7O2/c1-3-5-19-14-46-20(6-8-41-19)15-47-29-23-28(26(36)22(25(29)34)27-24(33(37,38)39)17(2)10-21(40)42-27)43-31(44-30(23)46)48-16-32-7-4-9-45(32)13-18(11-32)12-35/h10,12,19-20,41H,3-9,11,13-16H2,1-2H3,(H2,40,42)/b18-12-/t19-,20+,32+/m1/s1. The smallest absolute Gasteiger partial charge is 0.418 e. The predicted octanol–water partition coefficient (Wildman–Crippen LogP) is 6.59. The number of anilines is 2. The summed E-state index contributed by atoms with van der Waals surface area (Å²) in [6, 6.07) is 0.818. The van der Waals surface area contributed by atoms with E-state index in [0.717, 1.165) is 38.3 Å². The van der Waals surface area contributed by atoms with Crippen LogP contribution in [0.5, 0.6) is 11.8 Å². The molecule has 4 aliphatic rings. The van der Waals surface area contributed by atoms with Gasteiger partial charge in [-0.1, -0.05) is 24.9 Å². The minimum Gasteiger partial charge on any atom is -0.489 e. The zero-order chi connectivity index (χ0) is 34.0. The minimum absolute atomic E-state index is 0.0261. The normalized spacial score (nSPS) is 25.2. The van der Waals surface area contributed by atoms with Crippen LogP contribution in [0.3, 0.4) is 0 Å². The van der Waals surface area contributed by atoms with Crippen molar-refractivity contribution in [2.45, 2.75) is 76.2 Å². The van der Waals surface area contributed by atoms with E-state index in [1.165, 1.54) is 6.92 Å². The van der Waals surface area contributed by atoms with Gasteiger partial charge in [0.2, 0.25) is 0 Å². The molecule has 0 unspecified atom stereocenters. The maximum atomic E-state index is 17.0. The van der Waals surface area contributed by atoms with Crippen molar-refractivity contribution >= 4 is 34.1 Å². The molecule has 0 radical (unpaired) electrons. The molecule has 1 aromatic carbocycles. The number of nitrogens with two attached hydrogens (primary N) is 1. The van der Waals surface area contributed by atoms with Crippen LogP contribution in [-0.4, -0.2) is 76.9 Å². The summed E-state index contributed by atoms with van der Waals surface area (Å²) < 4.78 is 86.5. The first-order valence-corrected chi connectivity index (χ1v) is 16.7. The van der Waals surface area contributed by atoms with Crippen LogP contribution >= 0.6 is 11.6 Å². The first-order chi connectivity index (χ1) is 22.9. The number of nitrogen functional groups attached to an aromatic ring is 1. The number of benzene rings is 1. The molecule has 0 amide bonds. The third kappa shape index (κ3) is 5.59. The highest BCUT2D eigenvalue weighted by atomic mass is 35.5. The molecule has 3 saturated heterocycles. The summed E-state index contributed by atoms with van der Waals surface area (Å²) in [5.41, 5.74) is 3.04. The first kappa shape index (κ1) is 33.0. The van der Waals surface area contributed by atoms with E-state index in [4.69, 9.17) is 31.8 Å². The van der Waals surface area contributed by atoms with Crippen molar-refractivity contribution in [2.24, 2.45) is 0 Å². The molecule has 3 atom stereocenters. The summed E-state index contributed by atoms with van der Waals surface area (Å²) >= 11 is 6.84.